The van der Waals surface area contributed by atoms with Crippen LogP contribution < -0.4 is 17.2 Å². The molecular weight excluding hydrogens is 524 g/mol. The number of aliphatic imine (C=N–C) groups is 1. The summed E-state index contributed by atoms with van der Waals surface area (Å²) in [5.74, 6) is -4.19. The van der Waals surface area contributed by atoms with Crippen molar-refractivity contribution in [1.82, 2.24) is 4.90 Å². The van der Waals surface area contributed by atoms with Crippen LogP contribution in [0.25, 0.3) is 12.2 Å². The van der Waals surface area contributed by atoms with Gasteiger partial charge in [-0.1, -0.05) is 46.3 Å². The molecule has 0 spiro atoms. The van der Waals surface area contributed by atoms with Crippen molar-refractivity contribution in [3.05, 3.63) is 82.1 Å². The van der Waals surface area contributed by atoms with Crippen LogP contribution >= 0.6 is 15.9 Å². The number of guanidine groups is 2. The van der Waals surface area contributed by atoms with E-state index in [9.17, 15) is 27.2 Å². The molecule has 0 saturated heterocycles. The van der Waals surface area contributed by atoms with E-state index in [1.165, 1.54) is 24.3 Å². The fourth-order valence-corrected chi connectivity index (χ4v) is 2.53. The molecule has 2 amide bonds. The van der Waals surface area contributed by atoms with Gasteiger partial charge in [-0.2, -0.15) is 9.89 Å². The summed E-state index contributed by atoms with van der Waals surface area (Å²) < 4.78 is 51.1. The molecule has 0 bridgehead atoms. The van der Waals surface area contributed by atoms with E-state index in [4.69, 9.17) is 22.6 Å². The summed E-state index contributed by atoms with van der Waals surface area (Å²) in [6, 6.07) is 12.7. The highest BCUT2D eigenvalue weighted by molar-refractivity contribution is 9.10. The van der Waals surface area contributed by atoms with Crippen molar-refractivity contribution in [2.75, 3.05) is 0 Å². The number of nitrogens with one attached hydrogen (secondary N) is 1. The molecule has 13 heteroatoms. The van der Waals surface area contributed by atoms with Gasteiger partial charge in [0.1, 0.15) is 5.82 Å². The minimum atomic E-state index is -5.01. The lowest BCUT2D eigenvalue weighted by atomic mass is 10.2. The smallest absolute Gasteiger partial charge is 0.370 e. The van der Waals surface area contributed by atoms with Crippen LogP contribution in [0, 0.1) is 11.2 Å². The lowest BCUT2D eigenvalue weighted by molar-refractivity contribution is -0.215. The summed E-state index contributed by atoms with van der Waals surface area (Å²) in [7, 11) is 0. The molecular formula is C21H19BrF4N6O2. The molecule has 2 aromatic carbocycles. The topological polar surface area (TPSA) is 152 Å². The Morgan fingerprint density at radius 3 is 2.15 bits per heavy atom. The molecule has 8 nitrogen and oxygen atoms in total. The van der Waals surface area contributed by atoms with Gasteiger partial charge >= 0.3 is 6.30 Å². The molecule has 0 atom stereocenters. The maximum atomic E-state index is 13.2. The van der Waals surface area contributed by atoms with Crippen LogP contribution in [0.2, 0.25) is 0 Å². The quantitative estimate of drug-likeness (QED) is 0.153. The monoisotopic (exact) mass is 542 g/mol. The third kappa shape index (κ3) is 10.1. The van der Waals surface area contributed by atoms with Gasteiger partial charge in [-0.3, -0.25) is 15.0 Å². The number of benzene rings is 2. The number of nitrogens with zero attached hydrogens (tertiary/aromatic N) is 2. The number of hydrogen-bond acceptors (Lipinski definition) is 3. The van der Waals surface area contributed by atoms with Crippen molar-refractivity contribution in [2.45, 2.75) is 6.30 Å². The van der Waals surface area contributed by atoms with Crippen LogP contribution in [0.5, 0.6) is 0 Å². The number of halogens is 5. The fourth-order valence-electron chi connectivity index (χ4n) is 2.15. The van der Waals surface area contributed by atoms with Gasteiger partial charge in [0.2, 0.25) is 5.96 Å². The van der Waals surface area contributed by atoms with E-state index in [1.807, 2.05) is 0 Å². The highest BCUT2D eigenvalue weighted by Gasteiger charge is 2.42. The summed E-state index contributed by atoms with van der Waals surface area (Å²) >= 11 is 3.19. The minimum absolute atomic E-state index is 0.272. The van der Waals surface area contributed by atoms with Crippen LogP contribution in [-0.4, -0.2) is 34.9 Å². The summed E-state index contributed by atoms with van der Waals surface area (Å²) in [6.45, 7) is 0. The molecule has 0 heterocycles. The number of nitrogens with two attached hydrogens (primary N) is 3. The Labute approximate surface area is 200 Å². The predicted octanol–water partition coefficient (Wildman–Crippen LogP) is 3.34. The van der Waals surface area contributed by atoms with Crippen molar-refractivity contribution in [1.29, 1.82) is 5.41 Å². The Morgan fingerprint density at radius 1 is 1.00 bits per heavy atom. The van der Waals surface area contributed by atoms with Crippen LogP contribution in [0.15, 0.2) is 70.1 Å². The van der Waals surface area contributed by atoms with Gasteiger partial charge in [0.25, 0.3) is 11.8 Å². The summed E-state index contributed by atoms with van der Waals surface area (Å²) in [6.07, 6.45) is -0.697. The van der Waals surface area contributed by atoms with Gasteiger partial charge in [-0.05, 0) is 35.9 Å². The summed E-state index contributed by atoms with van der Waals surface area (Å²) in [5, 5.41) is 6.75. The Hall–Kier alpha value is -4.00. The van der Waals surface area contributed by atoms with Crippen molar-refractivity contribution < 1.29 is 27.2 Å². The van der Waals surface area contributed by atoms with Gasteiger partial charge in [0, 0.05) is 22.2 Å². The maximum absolute atomic E-state index is 13.2. The standard InChI is InChI=1S/C11H10F3N3O.C10H9BrFN3O/c12-11(13,14)17(10(15)16)9(18)7-6-8-4-2-1-3-5-8;11-7-2-3-8(12)6(5-7)1-4-9(16)15-10(13)14/h1-7H,(H3,15,16);1-5H,(H4,13,14,15,16). The molecule has 0 aliphatic rings. The van der Waals surface area contributed by atoms with E-state index in [0.29, 0.717) is 16.1 Å². The van der Waals surface area contributed by atoms with E-state index in [2.05, 4.69) is 20.9 Å². The average Bonchev–Trinajstić information content (AvgIpc) is 2.72. The minimum Gasteiger partial charge on any atom is -0.370 e. The largest absolute Gasteiger partial charge is 0.494 e. The Bertz CT molecular complexity index is 1110. The zero-order valence-electron chi connectivity index (χ0n) is 17.3. The molecule has 2 aromatic rings. The molecule has 180 valence electrons. The first-order valence-corrected chi connectivity index (χ1v) is 9.85. The number of hydrogen-bond donors (Lipinski definition) is 4. The van der Waals surface area contributed by atoms with E-state index < -0.39 is 34.8 Å². The SMILES string of the molecule is N=C(N)N(C(=O)C=Cc1ccccc1)C(F)(F)F.NC(N)=NC(=O)C=Cc1cc(Br)ccc1F. The van der Waals surface area contributed by atoms with Gasteiger partial charge in [-0.15, -0.1) is 13.2 Å². The molecule has 0 aromatic heterocycles. The highest BCUT2D eigenvalue weighted by atomic mass is 79.9. The summed E-state index contributed by atoms with van der Waals surface area (Å²) in [4.78, 5) is 24.9. The predicted molar refractivity (Wildman–Crippen MR) is 124 cm³/mol. The average molecular weight is 543 g/mol. The zero-order chi connectivity index (χ0) is 25.9. The number of carbonyl (C=O) groups excluding carboxylic acids is 2. The fraction of sp³-hybridized carbons (Fsp3) is 0.0476. The van der Waals surface area contributed by atoms with Crippen molar-refractivity contribution in [3.63, 3.8) is 0 Å². The number of rotatable bonds is 4. The Morgan fingerprint density at radius 2 is 1.62 bits per heavy atom. The van der Waals surface area contributed by atoms with Crippen LogP contribution in [0.4, 0.5) is 17.6 Å². The molecule has 2 rings (SSSR count). The van der Waals surface area contributed by atoms with E-state index in [-0.39, 0.29) is 11.5 Å². The molecule has 0 radical (unpaired) electrons. The summed E-state index contributed by atoms with van der Waals surface area (Å²) in [5.41, 5.74) is 15.6. The molecule has 0 saturated carbocycles. The van der Waals surface area contributed by atoms with Gasteiger partial charge in [0.15, 0.2) is 5.96 Å². The lowest BCUT2D eigenvalue weighted by Gasteiger charge is -2.21. The molecule has 7 N–H and O–H groups in total. The third-order valence-electron chi connectivity index (χ3n) is 3.54. The molecule has 0 aliphatic heterocycles. The maximum Gasteiger partial charge on any atom is 0.494 e. The van der Waals surface area contributed by atoms with E-state index in [0.717, 1.165) is 6.08 Å². The lowest BCUT2D eigenvalue weighted by Crippen LogP contribution is -2.49. The van der Waals surface area contributed by atoms with Crippen molar-refractivity contribution in [3.8, 4) is 0 Å². The molecule has 0 fully saturated rings. The van der Waals surface area contributed by atoms with Gasteiger partial charge in [0.05, 0.1) is 0 Å². The Balaban J connectivity index is 0.000000342. The molecule has 0 aliphatic carbocycles. The first kappa shape index (κ1) is 28.0. The number of amides is 2. The van der Waals surface area contributed by atoms with E-state index in [1.54, 1.807) is 36.4 Å². The zero-order valence-corrected chi connectivity index (χ0v) is 18.8. The van der Waals surface area contributed by atoms with Crippen LogP contribution in [0.3, 0.4) is 0 Å². The van der Waals surface area contributed by atoms with Crippen molar-refractivity contribution >= 4 is 51.8 Å². The van der Waals surface area contributed by atoms with Crippen molar-refractivity contribution in [2.24, 2.45) is 22.2 Å². The second-order valence-electron chi connectivity index (χ2n) is 6.14. The first-order chi connectivity index (χ1) is 15.8. The highest BCUT2D eigenvalue weighted by Crippen LogP contribution is 2.21. The second-order valence-corrected chi connectivity index (χ2v) is 7.06. The third-order valence-corrected chi connectivity index (χ3v) is 4.03. The molecule has 34 heavy (non-hydrogen) atoms. The van der Waals surface area contributed by atoms with Crippen LogP contribution in [0.1, 0.15) is 11.1 Å². The first-order valence-electron chi connectivity index (χ1n) is 9.06. The van der Waals surface area contributed by atoms with Gasteiger partial charge < -0.3 is 17.2 Å². The number of carbonyl (C=O) groups is 2. The van der Waals surface area contributed by atoms with Gasteiger partial charge in [-0.25, -0.2) is 4.39 Å². The second kappa shape index (κ2) is 12.9. The molecule has 0 unspecified atom stereocenters. The van der Waals surface area contributed by atoms with Crippen LogP contribution in [-0.2, 0) is 9.59 Å². The normalized spacial score (nSPS) is 11.0. The Kier molecular flexibility index (Phi) is 10.6. The number of alkyl halides is 3. The van der Waals surface area contributed by atoms with E-state index >= 15 is 0 Å².